The molecule has 0 bridgehead atoms. The summed E-state index contributed by atoms with van der Waals surface area (Å²) in [5.41, 5.74) is -0.498. The molecule has 0 spiro atoms. The summed E-state index contributed by atoms with van der Waals surface area (Å²) < 4.78 is 11.4. The second-order valence-corrected chi connectivity index (χ2v) is 6.75. The molecular weight excluding hydrogens is 400 g/mol. The lowest BCUT2D eigenvalue weighted by Gasteiger charge is -2.27. The minimum Gasteiger partial charge on any atom is -0.491 e. The highest BCUT2D eigenvalue weighted by molar-refractivity contribution is 9.10. The van der Waals surface area contributed by atoms with Crippen molar-refractivity contribution in [3.63, 3.8) is 0 Å². The van der Waals surface area contributed by atoms with Gasteiger partial charge in [-0.05, 0) is 43.3 Å². The van der Waals surface area contributed by atoms with Crippen molar-refractivity contribution in [1.29, 1.82) is 0 Å². The van der Waals surface area contributed by atoms with Crippen molar-refractivity contribution in [3.05, 3.63) is 59.1 Å². The zero-order valence-electron chi connectivity index (χ0n) is 14.6. The number of hydrogen-bond donors (Lipinski definition) is 2. The Morgan fingerprint density at radius 2 is 1.73 bits per heavy atom. The summed E-state index contributed by atoms with van der Waals surface area (Å²) in [4.78, 5) is 24.3. The standard InChI is InChI=1S/C19H21BrN2O4/c1-19(18(24)25-2,13-26-16-6-4-3-5-7-16)21-12-17(23)22-15-10-8-14(20)9-11-15/h3-11,21H,12-13H2,1-2H3,(H,22,23). The van der Waals surface area contributed by atoms with Crippen molar-refractivity contribution >= 4 is 33.5 Å². The van der Waals surface area contributed by atoms with Crippen LogP contribution in [-0.4, -0.2) is 37.7 Å². The summed E-state index contributed by atoms with van der Waals surface area (Å²) in [5, 5.41) is 5.68. The number of para-hydroxylation sites is 1. The van der Waals surface area contributed by atoms with E-state index in [1.165, 1.54) is 7.11 Å². The van der Waals surface area contributed by atoms with Crippen LogP contribution >= 0.6 is 15.9 Å². The third kappa shape index (κ3) is 5.86. The van der Waals surface area contributed by atoms with Crippen LogP contribution in [0.1, 0.15) is 6.92 Å². The third-order valence-electron chi connectivity index (χ3n) is 3.67. The summed E-state index contributed by atoms with van der Waals surface area (Å²) in [6.07, 6.45) is 0. The van der Waals surface area contributed by atoms with E-state index in [1.807, 2.05) is 30.3 Å². The highest BCUT2D eigenvalue weighted by atomic mass is 79.9. The Bertz CT molecular complexity index is 737. The maximum atomic E-state index is 12.2. The maximum absolute atomic E-state index is 12.2. The normalized spacial score (nSPS) is 12.7. The van der Waals surface area contributed by atoms with Gasteiger partial charge in [-0.2, -0.15) is 0 Å². The van der Waals surface area contributed by atoms with Gasteiger partial charge in [0, 0.05) is 10.2 Å². The highest BCUT2D eigenvalue weighted by Crippen LogP contribution is 2.15. The monoisotopic (exact) mass is 420 g/mol. The molecule has 2 rings (SSSR count). The van der Waals surface area contributed by atoms with Crippen molar-refractivity contribution in [1.82, 2.24) is 5.32 Å². The first-order valence-electron chi connectivity index (χ1n) is 8.00. The van der Waals surface area contributed by atoms with Gasteiger partial charge in [0.2, 0.25) is 5.91 Å². The Balaban J connectivity index is 1.94. The average molecular weight is 421 g/mol. The van der Waals surface area contributed by atoms with Gasteiger partial charge in [-0.25, -0.2) is 4.79 Å². The second kappa shape index (κ2) is 9.35. The molecule has 0 saturated heterocycles. The van der Waals surface area contributed by atoms with Crippen molar-refractivity contribution < 1.29 is 19.1 Å². The Hall–Kier alpha value is -2.38. The molecule has 1 unspecified atom stereocenters. The van der Waals surface area contributed by atoms with Crippen LogP contribution in [0.25, 0.3) is 0 Å². The van der Waals surface area contributed by atoms with E-state index in [0.29, 0.717) is 11.4 Å². The molecule has 0 fully saturated rings. The van der Waals surface area contributed by atoms with Gasteiger partial charge in [0.1, 0.15) is 17.9 Å². The summed E-state index contributed by atoms with van der Waals surface area (Å²) >= 11 is 3.34. The molecule has 138 valence electrons. The summed E-state index contributed by atoms with van der Waals surface area (Å²) in [5.74, 6) is -0.157. The lowest BCUT2D eigenvalue weighted by Crippen LogP contribution is -2.56. The maximum Gasteiger partial charge on any atom is 0.329 e. The zero-order valence-corrected chi connectivity index (χ0v) is 16.2. The number of rotatable bonds is 8. The first kappa shape index (κ1) is 19.9. The SMILES string of the molecule is COC(=O)C(C)(COc1ccccc1)NCC(=O)Nc1ccc(Br)cc1. The predicted molar refractivity (Wildman–Crippen MR) is 103 cm³/mol. The molecule has 2 aromatic carbocycles. The van der Waals surface area contributed by atoms with Crippen molar-refractivity contribution in [2.24, 2.45) is 0 Å². The number of carbonyl (C=O) groups excluding carboxylic acids is 2. The van der Waals surface area contributed by atoms with E-state index in [2.05, 4.69) is 26.6 Å². The van der Waals surface area contributed by atoms with Crippen LogP contribution in [0, 0.1) is 0 Å². The van der Waals surface area contributed by atoms with Gasteiger partial charge in [0.05, 0.1) is 13.7 Å². The van der Waals surface area contributed by atoms with Crippen LogP contribution in [0.5, 0.6) is 5.75 Å². The van der Waals surface area contributed by atoms with Gasteiger partial charge in [-0.3, -0.25) is 10.1 Å². The van der Waals surface area contributed by atoms with Crippen molar-refractivity contribution in [2.45, 2.75) is 12.5 Å². The van der Waals surface area contributed by atoms with E-state index in [0.717, 1.165) is 4.47 Å². The predicted octanol–water partition coefficient (Wildman–Crippen LogP) is 2.99. The van der Waals surface area contributed by atoms with Crippen molar-refractivity contribution in [2.75, 3.05) is 25.6 Å². The van der Waals surface area contributed by atoms with Crippen LogP contribution in [0.15, 0.2) is 59.1 Å². The first-order valence-corrected chi connectivity index (χ1v) is 8.79. The lowest BCUT2D eigenvalue weighted by molar-refractivity contribution is -0.149. The van der Waals surface area contributed by atoms with Gasteiger partial charge >= 0.3 is 5.97 Å². The zero-order chi connectivity index (χ0) is 19.0. The number of esters is 1. The van der Waals surface area contributed by atoms with Crippen LogP contribution in [0.2, 0.25) is 0 Å². The van der Waals surface area contributed by atoms with Gasteiger partial charge < -0.3 is 14.8 Å². The molecule has 7 heteroatoms. The fraction of sp³-hybridized carbons (Fsp3) is 0.263. The fourth-order valence-corrected chi connectivity index (χ4v) is 2.43. The molecule has 1 atom stereocenters. The molecule has 0 aliphatic rings. The van der Waals surface area contributed by atoms with E-state index < -0.39 is 11.5 Å². The van der Waals surface area contributed by atoms with Crippen LogP contribution in [0.4, 0.5) is 5.69 Å². The second-order valence-electron chi connectivity index (χ2n) is 5.83. The first-order chi connectivity index (χ1) is 12.4. The Kier molecular flexibility index (Phi) is 7.17. The van der Waals surface area contributed by atoms with E-state index in [-0.39, 0.29) is 19.1 Å². The Morgan fingerprint density at radius 1 is 1.08 bits per heavy atom. The van der Waals surface area contributed by atoms with Gasteiger partial charge in [-0.15, -0.1) is 0 Å². The largest absolute Gasteiger partial charge is 0.491 e. The van der Waals surface area contributed by atoms with Gasteiger partial charge in [0.25, 0.3) is 0 Å². The van der Waals surface area contributed by atoms with Gasteiger partial charge in [0.15, 0.2) is 0 Å². The molecule has 0 heterocycles. The molecule has 26 heavy (non-hydrogen) atoms. The molecule has 0 saturated carbocycles. The molecular formula is C19H21BrN2O4. The topological polar surface area (TPSA) is 76.7 Å². The number of nitrogens with one attached hydrogen (secondary N) is 2. The molecule has 2 aromatic rings. The van der Waals surface area contributed by atoms with Crippen LogP contribution in [0.3, 0.4) is 0 Å². The number of methoxy groups -OCH3 is 1. The number of carbonyl (C=O) groups is 2. The molecule has 0 radical (unpaired) electrons. The average Bonchev–Trinajstić information content (AvgIpc) is 2.67. The summed E-state index contributed by atoms with van der Waals surface area (Å²) in [6, 6.07) is 16.3. The fourth-order valence-electron chi connectivity index (χ4n) is 2.17. The molecule has 0 aromatic heterocycles. The van der Waals surface area contributed by atoms with Crippen molar-refractivity contribution in [3.8, 4) is 5.75 Å². The number of halogens is 1. The minimum absolute atomic E-state index is 0.0231. The van der Waals surface area contributed by atoms with E-state index in [9.17, 15) is 9.59 Å². The van der Waals surface area contributed by atoms with Crippen LogP contribution in [-0.2, 0) is 14.3 Å². The smallest absolute Gasteiger partial charge is 0.329 e. The molecule has 1 amide bonds. The highest BCUT2D eigenvalue weighted by Gasteiger charge is 2.35. The molecule has 0 aliphatic heterocycles. The quantitative estimate of drug-likeness (QED) is 0.641. The van der Waals surface area contributed by atoms with E-state index in [1.54, 1.807) is 31.2 Å². The molecule has 0 aliphatic carbocycles. The number of benzene rings is 2. The van der Waals surface area contributed by atoms with E-state index in [4.69, 9.17) is 9.47 Å². The van der Waals surface area contributed by atoms with Gasteiger partial charge in [-0.1, -0.05) is 34.1 Å². The number of ether oxygens (including phenoxy) is 2. The Morgan fingerprint density at radius 3 is 2.35 bits per heavy atom. The van der Waals surface area contributed by atoms with E-state index >= 15 is 0 Å². The van der Waals surface area contributed by atoms with Crippen LogP contribution < -0.4 is 15.4 Å². The number of hydrogen-bond acceptors (Lipinski definition) is 5. The summed E-state index contributed by atoms with van der Waals surface area (Å²) in [6.45, 7) is 1.59. The summed E-state index contributed by atoms with van der Waals surface area (Å²) in [7, 11) is 1.30. The molecule has 6 nitrogen and oxygen atoms in total. The molecule has 2 N–H and O–H groups in total. The Labute approximate surface area is 161 Å². The number of anilines is 1. The minimum atomic E-state index is -1.17. The number of amides is 1. The lowest BCUT2D eigenvalue weighted by atomic mass is 10.0. The third-order valence-corrected chi connectivity index (χ3v) is 4.20.